The van der Waals surface area contributed by atoms with Gasteiger partial charge < -0.3 is 14.4 Å². The van der Waals surface area contributed by atoms with Crippen molar-refractivity contribution in [2.75, 3.05) is 19.1 Å². The van der Waals surface area contributed by atoms with Crippen LogP contribution in [0.2, 0.25) is 5.02 Å². The molecular formula is C34H33ClN2O3. The predicted octanol–water partition coefficient (Wildman–Crippen LogP) is 7.22. The number of hydrogen-bond donors (Lipinski definition) is 0. The van der Waals surface area contributed by atoms with Crippen LogP contribution in [0.15, 0.2) is 89.9 Å². The number of fused-ring (bicyclic) bond motifs is 1. The van der Waals surface area contributed by atoms with Crippen LogP contribution in [0.1, 0.15) is 40.3 Å². The lowest BCUT2D eigenvalue weighted by molar-refractivity contribution is -0.119. The van der Waals surface area contributed by atoms with E-state index in [1.807, 2.05) is 66.4 Å². The summed E-state index contributed by atoms with van der Waals surface area (Å²) in [5, 5.41) is 0.586. The molecule has 6 heteroatoms. The second kappa shape index (κ2) is 12.0. The maximum absolute atomic E-state index is 14.4. The zero-order chi connectivity index (χ0) is 28.2. The Bertz CT molecular complexity index is 1560. The number of benzene rings is 4. The van der Waals surface area contributed by atoms with E-state index < -0.39 is 6.04 Å². The summed E-state index contributed by atoms with van der Waals surface area (Å²) in [6.07, 6.45) is 1.42. The molecule has 1 amide bonds. The normalized spacial score (nSPS) is 14.8. The number of benzodiazepines with no additional fused rings is 1. The van der Waals surface area contributed by atoms with Crippen molar-refractivity contribution >= 4 is 28.9 Å². The highest BCUT2D eigenvalue weighted by atomic mass is 35.5. The average Bonchev–Trinajstić information content (AvgIpc) is 3.08. The molecule has 4 aromatic rings. The monoisotopic (exact) mass is 552 g/mol. The maximum atomic E-state index is 14.4. The number of hydrogen-bond acceptors (Lipinski definition) is 4. The lowest BCUT2D eigenvalue weighted by Gasteiger charge is -2.26. The number of aliphatic imine (C=N–C) groups is 1. The molecule has 5 nitrogen and oxygen atoms in total. The number of ether oxygens (including phenoxy) is 2. The first-order chi connectivity index (χ1) is 19.4. The van der Waals surface area contributed by atoms with E-state index >= 15 is 0 Å². The van der Waals surface area contributed by atoms with Crippen molar-refractivity contribution in [3.05, 3.63) is 123 Å². The van der Waals surface area contributed by atoms with Crippen LogP contribution >= 0.6 is 11.6 Å². The second-order valence-electron chi connectivity index (χ2n) is 9.99. The van der Waals surface area contributed by atoms with Gasteiger partial charge in [-0.1, -0.05) is 54.9 Å². The van der Waals surface area contributed by atoms with Gasteiger partial charge in [0, 0.05) is 22.6 Å². The van der Waals surface area contributed by atoms with Gasteiger partial charge in [0.2, 0.25) is 0 Å². The summed E-state index contributed by atoms with van der Waals surface area (Å²) in [5.41, 5.74) is 7.55. The Kier molecular flexibility index (Phi) is 8.22. The van der Waals surface area contributed by atoms with Crippen molar-refractivity contribution in [1.82, 2.24) is 0 Å². The Morgan fingerprint density at radius 2 is 1.65 bits per heavy atom. The lowest BCUT2D eigenvalue weighted by Crippen LogP contribution is -2.38. The van der Waals surface area contributed by atoms with Crippen molar-refractivity contribution < 1.29 is 14.3 Å². The van der Waals surface area contributed by atoms with E-state index in [1.54, 1.807) is 14.2 Å². The van der Waals surface area contributed by atoms with Gasteiger partial charge in [-0.15, -0.1) is 0 Å². The number of anilines is 1. The van der Waals surface area contributed by atoms with Crippen molar-refractivity contribution in [2.45, 2.75) is 39.3 Å². The largest absolute Gasteiger partial charge is 0.497 e. The highest BCUT2D eigenvalue weighted by molar-refractivity contribution is 6.32. The molecule has 1 heterocycles. The first-order valence-corrected chi connectivity index (χ1v) is 13.8. The van der Waals surface area contributed by atoms with E-state index in [0.29, 0.717) is 18.0 Å². The van der Waals surface area contributed by atoms with Crippen molar-refractivity contribution in [3.8, 4) is 11.5 Å². The van der Waals surface area contributed by atoms with Gasteiger partial charge in [0.05, 0.1) is 32.2 Å². The van der Waals surface area contributed by atoms with Crippen molar-refractivity contribution in [3.63, 3.8) is 0 Å². The molecule has 1 atom stereocenters. The van der Waals surface area contributed by atoms with E-state index in [1.165, 1.54) is 5.56 Å². The molecule has 0 saturated carbocycles. The smallest absolute Gasteiger partial charge is 0.252 e. The molecule has 1 aliphatic heterocycles. The summed E-state index contributed by atoms with van der Waals surface area (Å²) < 4.78 is 10.8. The van der Waals surface area contributed by atoms with E-state index in [9.17, 15) is 4.79 Å². The topological polar surface area (TPSA) is 51.1 Å². The minimum Gasteiger partial charge on any atom is -0.497 e. The van der Waals surface area contributed by atoms with Crippen LogP contribution < -0.4 is 14.4 Å². The number of nitrogens with zero attached hydrogens (tertiary/aromatic N) is 2. The summed E-state index contributed by atoms with van der Waals surface area (Å²) in [6.45, 7) is 4.54. The third-order valence-corrected chi connectivity index (χ3v) is 7.57. The van der Waals surface area contributed by atoms with Crippen LogP contribution in [0.4, 0.5) is 5.69 Å². The molecule has 0 N–H and O–H groups in total. The van der Waals surface area contributed by atoms with E-state index in [2.05, 4.69) is 37.3 Å². The van der Waals surface area contributed by atoms with Gasteiger partial charge in [-0.25, -0.2) is 0 Å². The number of methoxy groups -OCH3 is 2. The number of amides is 1. The Morgan fingerprint density at radius 3 is 2.35 bits per heavy atom. The fourth-order valence-corrected chi connectivity index (χ4v) is 5.35. The number of rotatable bonds is 8. The molecule has 0 aliphatic carbocycles. The Balaban J connectivity index is 1.66. The van der Waals surface area contributed by atoms with Gasteiger partial charge in [-0.05, 0) is 84.1 Å². The van der Waals surface area contributed by atoms with E-state index in [4.69, 9.17) is 26.1 Å². The summed E-state index contributed by atoms with van der Waals surface area (Å²) in [5.74, 6) is 1.52. The standard InChI is InChI=1S/C34H33ClN2O3/c1-5-23-7-6-8-25(18-23)19-30-34(38)37(21-24-9-13-28(39-3)14-10-24)31-15-12-27(35)20-29(31)33(36-30)26-11-16-32(40-4)22(2)17-26/h6-18,20,30H,5,19,21H2,1-4H3. The molecule has 0 spiro atoms. The zero-order valence-electron chi connectivity index (χ0n) is 23.3. The highest BCUT2D eigenvalue weighted by Gasteiger charge is 2.32. The highest BCUT2D eigenvalue weighted by Crippen LogP contribution is 2.34. The molecule has 1 aliphatic rings. The second-order valence-corrected chi connectivity index (χ2v) is 10.4. The minimum absolute atomic E-state index is 0.0541. The van der Waals surface area contributed by atoms with Crippen LogP contribution in [-0.4, -0.2) is 31.9 Å². The molecule has 0 bridgehead atoms. The van der Waals surface area contributed by atoms with Crippen molar-refractivity contribution in [2.24, 2.45) is 4.99 Å². The average molecular weight is 553 g/mol. The summed E-state index contributed by atoms with van der Waals surface area (Å²) >= 11 is 6.55. The number of aryl methyl sites for hydroxylation is 2. The zero-order valence-corrected chi connectivity index (χ0v) is 24.0. The molecule has 204 valence electrons. The molecule has 5 rings (SSSR count). The molecule has 0 saturated heterocycles. The van der Waals surface area contributed by atoms with Crippen LogP contribution in [0, 0.1) is 6.92 Å². The summed E-state index contributed by atoms with van der Waals surface area (Å²) in [4.78, 5) is 21.4. The van der Waals surface area contributed by atoms with E-state index in [0.717, 1.165) is 57.1 Å². The Labute approximate surface area is 241 Å². The quantitative estimate of drug-likeness (QED) is 0.232. The Hall–Kier alpha value is -4.09. The molecule has 0 fully saturated rings. The number of carbonyl (C=O) groups is 1. The number of carbonyl (C=O) groups excluding carboxylic acids is 1. The molecule has 0 radical (unpaired) electrons. The Morgan fingerprint density at radius 1 is 0.875 bits per heavy atom. The molecule has 1 unspecified atom stereocenters. The third-order valence-electron chi connectivity index (χ3n) is 7.34. The van der Waals surface area contributed by atoms with Crippen LogP contribution in [0.5, 0.6) is 11.5 Å². The van der Waals surface area contributed by atoms with Gasteiger partial charge >= 0.3 is 0 Å². The van der Waals surface area contributed by atoms with Gasteiger partial charge in [0.15, 0.2) is 0 Å². The SMILES string of the molecule is CCc1cccc(CC2N=C(c3ccc(OC)c(C)c3)c3cc(Cl)ccc3N(Cc3ccc(OC)cc3)C2=O)c1. The van der Waals surface area contributed by atoms with Gasteiger partial charge in [0.25, 0.3) is 5.91 Å². The van der Waals surface area contributed by atoms with Crippen LogP contribution in [0.25, 0.3) is 0 Å². The molecule has 4 aromatic carbocycles. The van der Waals surface area contributed by atoms with Gasteiger partial charge in [-0.3, -0.25) is 9.79 Å². The fraction of sp³-hybridized carbons (Fsp3) is 0.235. The summed E-state index contributed by atoms with van der Waals surface area (Å²) in [6, 6.07) is 27.2. The fourth-order valence-electron chi connectivity index (χ4n) is 5.18. The summed E-state index contributed by atoms with van der Waals surface area (Å²) in [7, 11) is 3.31. The first-order valence-electron chi connectivity index (χ1n) is 13.4. The maximum Gasteiger partial charge on any atom is 0.252 e. The molecule has 40 heavy (non-hydrogen) atoms. The van der Waals surface area contributed by atoms with Gasteiger partial charge in [0.1, 0.15) is 17.5 Å². The minimum atomic E-state index is -0.617. The van der Waals surface area contributed by atoms with E-state index in [-0.39, 0.29) is 5.91 Å². The van der Waals surface area contributed by atoms with Gasteiger partial charge in [-0.2, -0.15) is 0 Å². The molecule has 0 aromatic heterocycles. The lowest BCUT2D eigenvalue weighted by atomic mass is 9.98. The first kappa shape index (κ1) is 27.5. The molecular weight excluding hydrogens is 520 g/mol. The number of halogens is 1. The predicted molar refractivity (Wildman–Crippen MR) is 162 cm³/mol. The van der Waals surface area contributed by atoms with Crippen LogP contribution in [0.3, 0.4) is 0 Å². The van der Waals surface area contributed by atoms with Crippen molar-refractivity contribution in [1.29, 1.82) is 0 Å². The third kappa shape index (κ3) is 5.75. The van der Waals surface area contributed by atoms with Crippen LogP contribution in [-0.2, 0) is 24.2 Å².